The van der Waals surface area contributed by atoms with Crippen LogP contribution in [0.25, 0.3) is 11.0 Å². The topological polar surface area (TPSA) is 51.1 Å². The fourth-order valence-corrected chi connectivity index (χ4v) is 3.88. The number of piperidine rings is 2. The Balaban J connectivity index is 0.000000278. The Hall–Kier alpha value is -1.43. The van der Waals surface area contributed by atoms with Crippen LogP contribution in [0.15, 0.2) is 24.3 Å². The Kier molecular flexibility index (Phi) is 7.92. The molecule has 0 spiro atoms. The molecule has 5 heteroatoms. The number of hydrogen-bond acceptors (Lipinski definition) is 4. The van der Waals surface area contributed by atoms with Gasteiger partial charge in [0.1, 0.15) is 5.82 Å². The molecule has 0 saturated carbocycles. The average Bonchev–Trinajstić information content (AvgIpc) is 3.09. The molecule has 2 fully saturated rings. The first-order valence-electron chi connectivity index (χ1n) is 10.3. The van der Waals surface area contributed by atoms with Crippen molar-refractivity contribution in [3.63, 3.8) is 0 Å². The third-order valence-electron chi connectivity index (χ3n) is 5.28. The number of aryl methyl sites for hydroxylation is 1. The Morgan fingerprint density at radius 2 is 1.88 bits per heavy atom. The van der Waals surface area contributed by atoms with E-state index in [4.69, 9.17) is 9.72 Å². The summed E-state index contributed by atoms with van der Waals surface area (Å²) >= 11 is 0. The minimum atomic E-state index is 0.540. The molecule has 1 aromatic carbocycles. The lowest BCUT2D eigenvalue weighted by molar-refractivity contribution is 0.190. The molecule has 4 rings (SSSR count). The maximum absolute atomic E-state index is 5.19. The summed E-state index contributed by atoms with van der Waals surface area (Å²) in [6, 6.07) is 8.45. The van der Waals surface area contributed by atoms with Gasteiger partial charge in [0.15, 0.2) is 0 Å². The molecule has 3 heterocycles. The van der Waals surface area contributed by atoms with E-state index in [1.165, 1.54) is 56.5 Å². The highest BCUT2D eigenvalue weighted by molar-refractivity contribution is 5.76. The Bertz CT molecular complexity index is 633. The van der Waals surface area contributed by atoms with Gasteiger partial charge in [-0.3, -0.25) is 0 Å². The lowest BCUT2D eigenvalue weighted by atomic mass is 9.99. The molecular formula is C21H34N4O. The van der Waals surface area contributed by atoms with Crippen molar-refractivity contribution in [3.05, 3.63) is 30.1 Å². The zero-order valence-corrected chi connectivity index (χ0v) is 16.2. The molecule has 2 aromatic rings. The lowest BCUT2D eigenvalue weighted by Crippen LogP contribution is -2.30. The summed E-state index contributed by atoms with van der Waals surface area (Å²) in [6.07, 6.45) is 7.73. The molecule has 5 nitrogen and oxygen atoms in total. The smallest absolute Gasteiger partial charge is 0.114 e. The zero-order valence-electron chi connectivity index (χ0n) is 16.2. The quantitative estimate of drug-likeness (QED) is 0.805. The van der Waals surface area contributed by atoms with Crippen LogP contribution in [0.3, 0.4) is 0 Å². The SMILES string of the molecule is C1CCNCC1.COCCCn1c([C@@H]2CCCNC2)nc2ccccc21. The zero-order chi connectivity index (χ0) is 18.0. The summed E-state index contributed by atoms with van der Waals surface area (Å²) in [6.45, 7) is 6.48. The van der Waals surface area contributed by atoms with Crippen molar-refractivity contribution in [1.29, 1.82) is 0 Å². The average molecular weight is 359 g/mol. The third-order valence-corrected chi connectivity index (χ3v) is 5.28. The number of nitrogens with zero attached hydrogens (tertiary/aromatic N) is 2. The number of benzene rings is 1. The molecule has 1 aromatic heterocycles. The van der Waals surface area contributed by atoms with Gasteiger partial charge < -0.3 is 19.9 Å². The number of aromatic nitrogens is 2. The first-order chi connectivity index (χ1) is 12.9. The summed E-state index contributed by atoms with van der Waals surface area (Å²) in [5, 5.41) is 6.78. The van der Waals surface area contributed by atoms with Crippen LogP contribution in [-0.2, 0) is 11.3 Å². The fourth-order valence-electron chi connectivity index (χ4n) is 3.88. The number of nitrogens with one attached hydrogen (secondary N) is 2. The van der Waals surface area contributed by atoms with Crippen LogP contribution in [0.2, 0.25) is 0 Å². The molecule has 0 amide bonds. The van der Waals surface area contributed by atoms with Crippen molar-refractivity contribution >= 4 is 11.0 Å². The lowest BCUT2D eigenvalue weighted by Gasteiger charge is -2.23. The van der Waals surface area contributed by atoms with Crippen LogP contribution in [-0.4, -0.2) is 49.4 Å². The van der Waals surface area contributed by atoms with Crippen molar-refractivity contribution < 1.29 is 4.74 Å². The van der Waals surface area contributed by atoms with E-state index in [9.17, 15) is 0 Å². The Morgan fingerprint density at radius 1 is 1.08 bits per heavy atom. The fraction of sp³-hybridized carbons (Fsp3) is 0.667. The van der Waals surface area contributed by atoms with E-state index in [-0.39, 0.29) is 0 Å². The predicted octanol–water partition coefficient (Wildman–Crippen LogP) is 3.30. The second-order valence-electron chi connectivity index (χ2n) is 7.31. The molecule has 0 radical (unpaired) electrons. The van der Waals surface area contributed by atoms with E-state index in [0.29, 0.717) is 5.92 Å². The molecule has 0 bridgehead atoms. The van der Waals surface area contributed by atoms with Gasteiger partial charge in [0.2, 0.25) is 0 Å². The minimum Gasteiger partial charge on any atom is -0.385 e. The van der Waals surface area contributed by atoms with Crippen LogP contribution in [0, 0.1) is 0 Å². The summed E-state index contributed by atoms with van der Waals surface area (Å²) < 4.78 is 7.59. The van der Waals surface area contributed by atoms with Crippen LogP contribution in [0.1, 0.15) is 50.3 Å². The molecule has 2 saturated heterocycles. The first kappa shape index (κ1) is 19.3. The van der Waals surface area contributed by atoms with Gasteiger partial charge >= 0.3 is 0 Å². The number of rotatable bonds is 5. The van der Waals surface area contributed by atoms with E-state index in [0.717, 1.165) is 38.2 Å². The molecule has 2 aliphatic heterocycles. The number of para-hydroxylation sites is 2. The van der Waals surface area contributed by atoms with Gasteiger partial charge in [-0.15, -0.1) is 0 Å². The van der Waals surface area contributed by atoms with Gasteiger partial charge in [0.05, 0.1) is 11.0 Å². The second-order valence-corrected chi connectivity index (χ2v) is 7.31. The van der Waals surface area contributed by atoms with Crippen LogP contribution >= 0.6 is 0 Å². The van der Waals surface area contributed by atoms with Gasteiger partial charge in [-0.1, -0.05) is 18.6 Å². The molecule has 2 aliphatic rings. The van der Waals surface area contributed by atoms with Crippen molar-refractivity contribution in [2.45, 2.75) is 51.0 Å². The third kappa shape index (κ3) is 5.29. The standard InChI is InChI=1S/C16H23N3O.C5H11N/c1-20-11-5-10-19-15-8-3-2-7-14(15)18-16(19)13-6-4-9-17-12-13;1-2-4-6-5-3-1/h2-3,7-8,13,17H,4-6,9-12H2,1H3;6H,1-5H2/t13-;/m1./s1. The first-order valence-corrected chi connectivity index (χ1v) is 10.3. The van der Waals surface area contributed by atoms with E-state index in [1.807, 2.05) is 0 Å². The van der Waals surface area contributed by atoms with E-state index in [2.05, 4.69) is 39.5 Å². The summed E-state index contributed by atoms with van der Waals surface area (Å²) in [5.74, 6) is 1.79. The van der Waals surface area contributed by atoms with Crippen molar-refractivity contribution in [1.82, 2.24) is 20.2 Å². The van der Waals surface area contributed by atoms with Crippen molar-refractivity contribution in [3.8, 4) is 0 Å². The molecule has 1 atom stereocenters. The predicted molar refractivity (Wildman–Crippen MR) is 108 cm³/mol. The summed E-state index contributed by atoms with van der Waals surface area (Å²) in [5.41, 5.74) is 2.37. The number of ether oxygens (including phenoxy) is 1. The summed E-state index contributed by atoms with van der Waals surface area (Å²) in [7, 11) is 1.76. The van der Waals surface area contributed by atoms with Gasteiger partial charge in [-0.25, -0.2) is 4.98 Å². The number of methoxy groups -OCH3 is 1. The van der Waals surface area contributed by atoms with Crippen LogP contribution in [0.4, 0.5) is 0 Å². The van der Waals surface area contributed by atoms with E-state index in [1.54, 1.807) is 7.11 Å². The van der Waals surface area contributed by atoms with Gasteiger partial charge in [0.25, 0.3) is 0 Å². The highest BCUT2D eigenvalue weighted by Crippen LogP contribution is 2.26. The molecular weight excluding hydrogens is 324 g/mol. The number of hydrogen-bond donors (Lipinski definition) is 2. The Labute approximate surface area is 157 Å². The largest absolute Gasteiger partial charge is 0.385 e. The Morgan fingerprint density at radius 3 is 2.54 bits per heavy atom. The highest BCUT2D eigenvalue weighted by Gasteiger charge is 2.21. The molecule has 26 heavy (non-hydrogen) atoms. The van der Waals surface area contributed by atoms with E-state index >= 15 is 0 Å². The normalized spacial score (nSPS) is 20.6. The van der Waals surface area contributed by atoms with Crippen molar-refractivity contribution in [2.24, 2.45) is 0 Å². The van der Waals surface area contributed by atoms with E-state index < -0.39 is 0 Å². The summed E-state index contributed by atoms with van der Waals surface area (Å²) in [4.78, 5) is 4.90. The number of imidazole rings is 1. The molecule has 0 unspecified atom stereocenters. The van der Waals surface area contributed by atoms with Crippen LogP contribution < -0.4 is 10.6 Å². The molecule has 144 valence electrons. The maximum atomic E-state index is 5.19. The van der Waals surface area contributed by atoms with Gasteiger partial charge in [0, 0.05) is 32.7 Å². The monoisotopic (exact) mass is 358 g/mol. The second kappa shape index (κ2) is 10.7. The van der Waals surface area contributed by atoms with Crippen molar-refractivity contribution in [2.75, 3.05) is 39.9 Å². The van der Waals surface area contributed by atoms with Gasteiger partial charge in [-0.05, 0) is 63.9 Å². The maximum Gasteiger partial charge on any atom is 0.114 e. The van der Waals surface area contributed by atoms with Gasteiger partial charge in [-0.2, -0.15) is 0 Å². The van der Waals surface area contributed by atoms with Crippen LogP contribution in [0.5, 0.6) is 0 Å². The number of fused-ring (bicyclic) bond motifs is 1. The minimum absolute atomic E-state index is 0.540. The molecule has 2 N–H and O–H groups in total. The highest BCUT2D eigenvalue weighted by atomic mass is 16.5. The molecule has 0 aliphatic carbocycles.